The Bertz CT molecular complexity index is 568. The maximum atomic E-state index is 12.2. The lowest BCUT2D eigenvalue weighted by atomic mass is 10.2. The molecule has 0 radical (unpaired) electrons. The van der Waals surface area contributed by atoms with Crippen LogP contribution in [0.15, 0.2) is 47.5 Å². The average molecular weight is 443 g/mol. The minimum atomic E-state index is 0. The molecular weight excluding hydrogens is 417 g/mol. The van der Waals surface area contributed by atoms with Gasteiger partial charge in [0, 0.05) is 38.4 Å². The van der Waals surface area contributed by atoms with E-state index in [0.29, 0.717) is 19.6 Å². The van der Waals surface area contributed by atoms with Gasteiger partial charge in [0.15, 0.2) is 5.96 Å². The summed E-state index contributed by atoms with van der Waals surface area (Å²) >= 11 is 0. The van der Waals surface area contributed by atoms with Crippen LogP contribution in [0.4, 0.5) is 5.69 Å². The first-order chi connectivity index (χ1) is 11.1. The number of guanidine groups is 1. The highest BCUT2D eigenvalue weighted by Gasteiger charge is 2.20. The Hall–Kier alpha value is -1.77. The lowest BCUT2D eigenvalue weighted by Gasteiger charge is -2.35. The van der Waals surface area contributed by atoms with E-state index in [0.717, 1.165) is 18.7 Å². The number of benzene rings is 1. The number of aliphatic imine (C=N–C) groups is 1. The monoisotopic (exact) mass is 443 g/mol. The molecule has 3 N–H and O–H groups in total. The van der Waals surface area contributed by atoms with E-state index in [9.17, 15) is 4.79 Å². The Balaban J connectivity index is 0.00000288. The molecule has 1 aliphatic rings. The molecule has 0 aliphatic carbocycles. The fourth-order valence-corrected chi connectivity index (χ4v) is 2.40. The third kappa shape index (κ3) is 6.38. The maximum absolute atomic E-state index is 12.2. The van der Waals surface area contributed by atoms with E-state index in [1.807, 2.05) is 30.0 Å². The molecule has 6 nitrogen and oxygen atoms in total. The van der Waals surface area contributed by atoms with Gasteiger partial charge >= 0.3 is 0 Å². The van der Waals surface area contributed by atoms with E-state index >= 15 is 0 Å². The van der Waals surface area contributed by atoms with Crippen LogP contribution in [0.3, 0.4) is 0 Å². The number of para-hydroxylation sites is 1. The van der Waals surface area contributed by atoms with Crippen molar-refractivity contribution >= 4 is 41.5 Å². The molecule has 1 aliphatic heterocycles. The summed E-state index contributed by atoms with van der Waals surface area (Å²) in [6.07, 6.45) is 0. The van der Waals surface area contributed by atoms with Crippen molar-refractivity contribution in [1.82, 2.24) is 10.2 Å². The van der Waals surface area contributed by atoms with Crippen LogP contribution in [-0.2, 0) is 4.79 Å². The van der Waals surface area contributed by atoms with E-state index in [4.69, 9.17) is 5.73 Å². The number of hydrogen-bond donors (Lipinski definition) is 2. The largest absolute Gasteiger partial charge is 0.370 e. The van der Waals surface area contributed by atoms with Gasteiger partial charge in [-0.3, -0.25) is 4.79 Å². The Labute approximate surface area is 160 Å². The molecular formula is C17H26IN5O. The van der Waals surface area contributed by atoms with E-state index in [-0.39, 0.29) is 42.4 Å². The third-order valence-electron chi connectivity index (χ3n) is 3.71. The minimum Gasteiger partial charge on any atom is -0.370 e. The van der Waals surface area contributed by atoms with E-state index < -0.39 is 0 Å². The Morgan fingerprint density at radius 1 is 1.25 bits per heavy atom. The number of halogens is 1. The zero-order valence-electron chi connectivity index (χ0n) is 14.1. The highest BCUT2D eigenvalue weighted by Crippen LogP contribution is 2.15. The Morgan fingerprint density at radius 3 is 2.46 bits per heavy atom. The average Bonchev–Trinajstić information content (AvgIpc) is 2.58. The van der Waals surface area contributed by atoms with Gasteiger partial charge in [0.05, 0.1) is 0 Å². The van der Waals surface area contributed by atoms with E-state index in [2.05, 4.69) is 33.9 Å². The topological polar surface area (TPSA) is 74.0 Å². The summed E-state index contributed by atoms with van der Waals surface area (Å²) in [5, 5.41) is 2.92. The summed E-state index contributed by atoms with van der Waals surface area (Å²) in [5.41, 5.74) is 7.88. The number of carbonyl (C=O) groups is 1. The van der Waals surface area contributed by atoms with Crippen LogP contribution >= 0.6 is 24.0 Å². The fourth-order valence-electron chi connectivity index (χ4n) is 2.40. The number of piperazine rings is 1. The van der Waals surface area contributed by atoms with Gasteiger partial charge in [0.1, 0.15) is 6.54 Å². The Morgan fingerprint density at radius 2 is 1.88 bits per heavy atom. The van der Waals surface area contributed by atoms with Crippen LogP contribution in [0.25, 0.3) is 0 Å². The number of anilines is 1. The van der Waals surface area contributed by atoms with Crippen LogP contribution in [0, 0.1) is 0 Å². The van der Waals surface area contributed by atoms with Crippen LogP contribution in [-0.4, -0.2) is 56.0 Å². The highest BCUT2D eigenvalue weighted by atomic mass is 127. The first kappa shape index (κ1) is 20.3. The maximum Gasteiger partial charge on any atom is 0.244 e. The number of nitrogens with two attached hydrogens (primary N) is 1. The molecule has 132 valence electrons. The van der Waals surface area contributed by atoms with Crippen molar-refractivity contribution in [3.05, 3.63) is 42.5 Å². The lowest BCUT2D eigenvalue weighted by Crippen LogP contribution is -2.49. The zero-order chi connectivity index (χ0) is 16.7. The molecule has 0 atom stereocenters. The van der Waals surface area contributed by atoms with E-state index in [1.165, 1.54) is 5.69 Å². The van der Waals surface area contributed by atoms with Gasteiger partial charge in [-0.15, -0.1) is 24.0 Å². The summed E-state index contributed by atoms with van der Waals surface area (Å²) in [6.45, 7) is 9.42. The first-order valence-electron chi connectivity index (χ1n) is 7.82. The van der Waals surface area contributed by atoms with Crippen LogP contribution < -0.4 is 16.0 Å². The number of amides is 1. The lowest BCUT2D eigenvalue weighted by molar-refractivity contribution is -0.129. The van der Waals surface area contributed by atoms with E-state index in [1.54, 1.807) is 0 Å². The summed E-state index contributed by atoms with van der Waals surface area (Å²) < 4.78 is 0. The Kier molecular flexibility index (Phi) is 8.59. The molecule has 24 heavy (non-hydrogen) atoms. The summed E-state index contributed by atoms with van der Waals surface area (Å²) in [4.78, 5) is 20.4. The molecule has 0 spiro atoms. The highest BCUT2D eigenvalue weighted by molar-refractivity contribution is 14.0. The predicted molar refractivity (Wildman–Crippen MR) is 110 cm³/mol. The number of rotatable bonds is 5. The number of carbonyl (C=O) groups excluding carboxylic acids is 1. The molecule has 0 unspecified atom stereocenters. The fraction of sp³-hybridized carbons (Fsp3) is 0.412. The van der Waals surface area contributed by atoms with Gasteiger partial charge in [-0.1, -0.05) is 30.4 Å². The van der Waals surface area contributed by atoms with Gasteiger partial charge in [-0.05, 0) is 19.1 Å². The minimum absolute atomic E-state index is 0. The smallest absolute Gasteiger partial charge is 0.244 e. The molecule has 1 saturated heterocycles. The predicted octanol–water partition coefficient (Wildman–Crippen LogP) is 1.43. The third-order valence-corrected chi connectivity index (χ3v) is 3.71. The summed E-state index contributed by atoms with van der Waals surface area (Å²) in [6, 6.07) is 10.3. The van der Waals surface area contributed by atoms with Crippen molar-refractivity contribution in [2.45, 2.75) is 6.92 Å². The summed E-state index contributed by atoms with van der Waals surface area (Å²) in [7, 11) is 0. The van der Waals surface area contributed by atoms with Gasteiger partial charge in [0.25, 0.3) is 0 Å². The second-order valence-corrected chi connectivity index (χ2v) is 5.72. The molecule has 0 aromatic heterocycles. The molecule has 7 heteroatoms. The normalized spacial score (nSPS) is 14.8. The summed E-state index contributed by atoms with van der Waals surface area (Å²) in [5.74, 6) is 0.294. The van der Waals surface area contributed by atoms with Gasteiger partial charge in [-0.25, -0.2) is 4.99 Å². The van der Waals surface area contributed by atoms with Crippen LogP contribution in [0.1, 0.15) is 6.92 Å². The van der Waals surface area contributed by atoms with Crippen molar-refractivity contribution in [3.63, 3.8) is 0 Å². The van der Waals surface area contributed by atoms with Crippen molar-refractivity contribution in [2.75, 3.05) is 44.2 Å². The zero-order valence-corrected chi connectivity index (χ0v) is 16.4. The molecule has 1 heterocycles. The van der Waals surface area contributed by atoms with Gasteiger partial charge in [-0.2, -0.15) is 0 Å². The van der Waals surface area contributed by atoms with Crippen molar-refractivity contribution in [3.8, 4) is 0 Å². The number of nitrogens with one attached hydrogen (secondary N) is 1. The van der Waals surface area contributed by atoms with Crippen molar-refractivity contribution < 1.29 is 4.79 Å². The van der Waals surface area contributed by atoms with Crippen LogP contribution in [0.2, 0.25) is 0 Å². The van der Waals surface area contributed by atoms with Gasteiger partial charge in [0.2, 0.25) is 5.91 Å². The number of nitrogens with zero attached hydrogens (tertiary/aromatic N) is 3. The first-order valence-corrected chi connectivity index (χ1v) is 7.82. The molecule has 1 aromatic carbocycles. The molecule has 1 amide bonds. The SMILES string of the molecule is C=C(C)CNC(N)=NCC(=O)N1CCN(c2ccccc2)CC1.I. The molecule has 1 fully saturated rings. The molecule has 2 rings (SSSR count). The van der Waals surface area contributed by atoms with Gasteiger partial charge < -0.3 is 20.9 Å². The second kappa shape index (κ2) is 10.2. The number of hydrogen-bond acceptors (Lipinski definition) is 3. The van der Waals surface area contributed by atoms with Crippen molar-refractivity contribution in [1.29, 1.82) is 0 Å². The van der Waals surface area contributed by atoms with Crippen LogP contribution in [0.5, 0.6) is 0 Å². The quantitative estimate of drug-likeness (QED) is 0.313. The molecule has 0 saturated carbocycles. The second-order valence-electron chi connectivity index (χ2n) is 5.72. The van der Waals surface area contributed by atoms with Crippen molar-refractivity contribution in [2.24, 2.45) is 10.7 Å². The molecule has 0 bridgehead atoms. The molecule has 1 aromatic rings. The standard InChI is InChI=1S/C17H25N5O.HI/c1-14(2)12-19-17(18)20-13-16(23)22-10-8-21(9-11-22)15-6-4-3-5-7-15;/h3-7H,1,8-13H2,2H3,(H3,18,19,20);1H.